The summed E-state index contributed by atoms with van der Waals surface area (Å²) in [6.07, 6.45) is 8.46. The molecule has 0 radical (unpaired) electrons. The Labute approximate surface area is 152 Å². The van der Waals surface area contributed by atoms with Crippen molar-refractivity contribution in [3.05, 3.63) is 24.3 Å². The normalized spacial score (nSPS) is 18.3. The first-order valence-corrected chi connectivity index (χ1v) is 9.55. The molecule has 0 aromatic carbocycles. The number of rotatable bonds is 6. The van der Waals surface area contributed by atoms with E-state index in [9.17, 15) is 4.79 Å². The van der Waals surface area contributed by atoms with Crippen molar-refractivity contribution in [2.24, 2.45) is 0 Å². The van der Waals surface area contributed by atoms with Crippen LogP contribution in [0.1, 0.15) is 62.6 Å². The third-order valence-electron chi connectivity index (χ3n) is 5.15. The molecule has 1 saturated carbocycles. The minimum atomic E-state index is 0.0563. The molecular weight excluding hydrogens is 332 g/mol. The third kappa shape index (κ3) is 3.56. The number of nitrogens with one attached hydrogen (secondary N) is 1. The van der Waals surface area contributed by atoms with E-state index in [1.165, 1.54) is 19.2 Å². The monoisotopic (exact) mass is 358 g/mol. The maximum absolute atomic E-state index is 12.1. The average molecular weight is 358 g/mol. The Hall–Kier alpha value is -2.45. The summed E-state index contributed by atoms with van der Waals surface area (Å²) >= 11 is 0. The second kappa shape index (κ2) is 7.43. The van der Waals surface area contributed by atoms with Gasteiger partial charge in [0, 0.05) is 31.6 Å². The fourth-order valence-electron chi connectivity index (χ4n) is 3.60. The van der Waals surface area contributed by atoms with Crippen molar-refractivity contribution >= 4 is 6.03 Å². The fourth-order valence-corrected chi connectivity index (χ4v) is 3.60. The Morgan fingerprint density at radius 2 is 2.04 bits per heavy atom. The number of hydrogen-bond donors (Lipinski definition) is 1. The summed E-state index contributed by atoms with van der Waals surface area (Å²) in [5.74, 6) is 2.40. The molecule has 1 aliphatic carbocycles. The molecule has 140 valence electrons. The minimum absolute atomic E-state index is 0.0563. The standard InChI is InChI=1S/C17H26N8O/c1-2-7-19-17(26)23-8-5-13(6-9-23)16-22-21-15(25(16)14-3-4-14)10-24-12-18-11-20-24/h11-14H,2-10H2,1H3,(H,19,26). The predicted octanol–water partition coefficient (Wildman–Crippen LogP) is 1.55. The lowest BCUT2D eigenvalue weighted by Crippen LogP contribution is -2.44. The zero-order valence-electron chi connectivity index (χ0n) is 15.2. The average Bonchev–Trinajstić information content (AvgIpc) is 3.21. The summed E-state index contributed by atoms with van der Waals surface area (Å²) in [4.78, 5) is 18.1. The highest BCUT2D eigenvalue weighted by Gasteiger charge is 2.34. The smallest absolute Gasteiger partial charge is 0.317 e. The van der Waals surface area contributed by atoms with Crippen LogP contribution in [0.15, 0.2) is 12.7 Å². The van der Waals surface area contributed by atoms with Crippen LogP contribution in [0, 0.1) is 0 Å². The topological polar surface area (TPSA) is 93.8 Å². The Kier molecular flexibility index (Phi) is 4.85. The lowest BCUT2D eigenvalue weighted by Gasteiger charge is -2.31. The molecule has 9 nitrogen and oxygen atoms in total. The van der Waals surface area contributed by atoms with E-state index in [2.05, 4.69) is 37.1 Å². The van der Waals surface area contributed by atoms with Crippen molar-refractivity contribution in [2.45, 2.75) is 57.5 Å². The molecule has 2 amide bonds. The number of piperidine rings is 1. The first-order valence-electron chi connectivity index (χ1n) is 9.55. The van der Waals surface area contributed by atoms with E-state index in [4.69, 9.17) is 0 Å². The van der Waals surface area contributed by atoms with E-state index >= 15 is 0 Å². The zero-order chi connectivity index (χ0) is 17.9. The highest BCUT2D eigenvalue weighted by Crippen LogP contribution is 2.39. The van der Waals surface area contributed by atoms with Gasteiger partial charge in [0.15, 0.2) is 5.82 Å². The second-order valence-electron chi connectivity index (χ2n) is 7.16. The maximum atomic E-state index is 12.1. The summed E-state index contributed by atoms with van der Waals surface area (Å²) in [6, 6.07) is 0.574. The number of hydrogen-bond acceptors (Lipinski definition) is 5. The number of aromatic nitrogens is 6. The molecule has 2 fully saturated rings. The molecule has 0 atom stereocenters. The summed E-state index contributed by atoms with van der Waals surface area (Å²) in [6.45, 7) is 4.95. The lowest BCUT2D eigenvalue weighted by atomic mass is 9.96. The molecule has 1 N–H and O–H groups in total. The number of urea groups is 1. The molecule has 26 heavy (non-hydrogen) atoms. The van der Waals surface area contributed by atoms with E-state index in [0.717, 1.165) is 50.5 Å². The van der Waals surface area contributed by atoms with E-state index in [-0.39, 0.29) is 6.03 Å². The number of likely N-dealkylation sites (tertiary alicyclic amines) is 1. The van der Waals surface area contributed by atoms with Gasteiger partial charge < -0.3 is 14.8 Å². The molecule has 2 aliphatic rings. The van der Waals surface area contributed by atoms with Crippen molar-refractivity contribution in [3.63, 3.8) is 0 Å². The molecule has 2 aromatic rings. The highest BCUT2D eigenvalue weighted by molar-refractivity contribution is 5.74. The molecule has 3 heterocycles. The van der Waals surface area contributed by atoms with Gasteiger partial charge in [0.05, 0.1) is 0 Å². The van der Waals surface area contributed by atoms with Gasteiger partial charge in [0.25, 0.3) is 0 Å². The molecule has 1 saturated heterocycles. The van der Waals surface area contributed by atoms with E-state index < -0.39 is 0 Å². The maximum Gasteiger partial charge on any atom is 0.317 e. The van der Waals surface area contributed by atoms with Crippen LogP contribution in [0.4, 0.5) is 4.79 Å². The van der Waals surface area contributed by atoms with Crippen molar-refractivity contribution in [3.8, 4) is 0 Å². The van der Waals surface area contributed by atoms with Crippen LogP contribution in [0.5, 0.6) is 0 Å². The number of carbonyl (C=O) groups excluding carboxylic acids is 1. The Bertz CT molecular complexity index is 728. The Morgan fingerprint density at radius 3 is 2.69 bits per heavy atom. The van der Waals surface area contributed by atoms with Crippen LogP contribution in [0.2, 0.25) is 0 Å². The first-order chi connectivity index (χ1) is 12.8. The van der Waals surface area contributed by atoms with Crippen molar-refractivity contribution < 1.29 is 4.79 Å². The van der Waals surface area contributed by atoms with E-state index in [1.54, 1.807) is 11.0 Å². The number of nitrogens with zero attached hydrogens (tertiary/aromatic N) is 7. The predicted molar refractivity (Wildman–Crippen MR) is 94.7 cm³/mol. The first kappa shape index (κ1) is 17.0. The highest BCUT2D eigenvalue weighted by atomic mass is 16.2. The van der Waals surface area contributed by atoms with Crippen LogP contribution in [0.3, 0.4) is 0 Å². The van der Waals surface area contributed by atoms with Gasteiger partial charge in [-0.05, 0) is 32.1 Å². The van der Waals surface area contributed by atoms with Gasteiger partial charge in [-0.2, -0.15) is 5.10 Å². The van der Waals surface area contributed by atoms with Crippen LogP contribution >= 0.6 is 0 Å². The van der Waals surface area contributed by atoms with Crippen molar-refractivity contribution in [1.82, 2.24) is 39.7 Å². The molecule has 4 rings (SSSR count). The number of amides is 2. The van der Waals surface area contributed by atoms with Crippen molar-refractivity contribution in [1.29, 1.82) is 0 Å². The van der Waals surface area contributed by atoms with Gasteiger partial charge in [-0.15, -0.1) is 10.2 Å². The van der Waals surface area contributed by atoms with Gasteiger partial charge in [0.2, 0.25) is 0 Å². The van der Waals surface area contributed by atoms with Crippen LogP contribution in [-0.2, 0) is 6.54 Å². The fraction of sp³-hybridized carbons (Fsp3) is 0.706. The Morgan fingerprint density at radius 1 is 1.23 bits per heavy atom. The summed E-state index contributed by atoms with van der Waals surface area (Å²) in [5, 5.41) is 16.1. The molecule has 0 bridgehead atoms. The minimum Gasteiger partial charge on any atom is -0.338 e. The van der Waals surface area contributed by atoms with Gasteiger partial charge >= 0.3 is 6.03 Å². The summed E-state index contributed by atoms with van der Waals surface area (Å²) in [7, 11) is 0. The van der Waals surface area contributed by atoms with Gasteiger partial charge in [-0.1, -0.05) is 6.92 Å². The number of carbonyl (C=O) groups is 1. The van der Waals surface area contributed by atoms with Crippen molar-refractivity contribution in [2.75, 3.05) is 19.6 Å². The largest absolute Gasteiger partial charge is 0.338 e. The summed E-state index contributed by atoms with van der Waals surface area (Å²) in [5.41, 5.74) is 0. The van der Waals surface area contributed by atoms with Crippen LogP contribution in [0.25, 0.3) is 0 Å². The molecular formula is C17H26N8O. The quantitative estimate of drug-likeness (QED) is 0.845. The lowest BCUT2D eigenvalue weighted by molar-refractivity contribution is 0.180. The molecule has 1 aliphatic heterocycles. The van der Waals surface area contributed by atoms with E-state index in [1.807, 2.05) is 4.90 Å². The SMILES string of the molecule is CCCNC(=O)N1CCC(c2nnc(Cn3cncn3)n2C2CC2)CC1. The van der Waals surface area contributed by atoms with Crippen LogP contribution in [-0.4, -0.2) is 60.1 Å². The molecule has 2 aromatic heterocycles. The van der Waals surface area contributed by atoms with Gasteiger partial charge in [0.1, 0.15) is 25.0 Å². The Balaban J connectivity index is 1.44. The molecule has 0 spiro atoms. The van der Waals surface area contributed by atoms with Gasteiger partial charge in [-0.3, -0.25) is 0 Å². The van der Waals surface area contributed by atoms with Gasteiger partial charge in [-0.25, -0.2) is 14.5 Å². The second-order valence-corrected chi connectivity index (χ2v) is 7.16. The third-order valence-corrected chi connectivity index (χ3v) is 5.15. The van der Waals surface area contributed by atoms with Crippen LogP contribution < -0.4 is 5.32 Å². The molecule has 0 unspecified atom stereocenters. The molecule has 9 heteroatoms. The zero-order valence-corrected chi connectivity index (χ0v) is 15.2. The van der Waals surface area contributed by atoms with E-state index in [0.29, 0.717) is 18.5 Å². The summed E-state index contributed by atoms with van der Waals surface area (Å²) < 4.78 is 4.10.